The number of nitrogens with one attached hydrogen (secondary N) is 1. The second-order valence-electron chi connectivity index (χ2n) is 4.30. The van der Waals surface area contributed by atoms with E-state index < -0.39 is 0 Å². The first kappa shape index (κ1) is 12.9. The van der Waals surface area contributed by atoms with E-state index in [1.54, 1.807) is 18.2 Å². The summed E-state index contributed by atoms with van der Waals surface area (Å²) in [5.74, 6) is 0.228. The highest BCUT2D eigenvalue weighted by molar-refractivity contribution is 9.10. The number of hydrogen-bond donors (Lipinski definition) is 3. The van der Waals surface area contributed by atoms with Gasteiger partial charge in [0.2, 0.25) is 5.91 Å². The predicted octanol–water partition coefficient (Wildman–Crippen LogP) is 2.28. The number of rotatable bonds is 3. The number of amidine groups is 1. The van der Waals surface area contributed by atoms with Crippen LogP contribution in [0, 0.1) is 5.92 Å². The molecule has 0 aromatic heterocycles. The number of hydrogen-bond acceptors (Lipinski definition) is 3. The minimum Gasteiger partial charge on any atom is -0.409 e. The summed E-state index contributed by atoms with van der Waals surface area (Å²) in [6.07, 6.45) is 3.05. The quantitative estimate of drug-likeness (QED) is 0.346. The van der Waals surface area contributed by atoms with Crippen LogP contribution in [0.4, 0.5) is 5.69 Å². The maximum absolute atomic E-state index is 11.8. The number of anilines is 1. The maximum Gasteiger partial charge on any atom is 0.227 e. The van der Waals surface area contributed by atoms with Gasteiger partial charge in [0.1, 0.15) is 0 Å². The fourth-order valence-corrected chi connectivity index (χ4v) is 2.22. The van der Waals surface area contributed by atoms with Gasteiger partial charge in [0.25, 0.3) is 0 Å². The number of nitrogens with two attached hydrogens (primary N) is 1. The third-order valence-electron chi connectivity index (χ3n) is 3.11. The van der Waals surface area contributed by atoms with Gasteiger partial charge in [-0.25, -0.2) is 0 Å². The molecule has 0 atom stereocenters. The fourth-order valence-electron chi connectivity index (χ4n) is 1.74. The summed E-state index contributed by atoms with van der Waals surface area (Å²) in [6.45, 7) is 0. The summed E-state index contributed by atoms with van der Waals surface area (Å²) >= 11 is 3.36. The molecule has 5 nitrogen and oxygen atoms in total. The minimum atomic E-state index is 0.0348. The van der Waals surface area contributed by atoms with E-state index in [9.17, 15) is 4.79 Å². The largest absolute Gasteiger partial charge is 0.409 e. The van der Waals surface area contributed by atoms with Crippen LogP contribution < -0.4 is 11.1 Å². The maximum atomic E-state index is 11.8. The smallest absolute Gasteiger partial charge is 0.227 e. The molecule has 0 unspecified atom stereocenters. The van der Waals surface area contributed by atoms with Gasteiger partial charge in [-0.05, 0) is 47.0 Å². The van der Waals surface area contributed by atoms with Crippen molar-refractivity contribution in [2.75, 3.05) is 5.32 Å². The van der Waals surface area contributed by atoms with Gasteiger partial charge in [-0.2, -0.15) is 0 Å². The standard InChI is InChI=1S/C12H14BrN3O2/c13-9-6-8(11(14)16-18)4-5-10(9)15-12(17)7-2-1-3-7/h4-7,18H,1-3H2,(H2,14,16)(H,15,17). The van der Waals surface area contributed by atoms with Crippen LogP contribution in [-0.2, 0) is 4.79 Å². The predicted molar refractivity (Wildman–Crippen MR) is 72.6 cm³/mol. The first-order chi connectivity index (χ1) is 8.61. The van der Waals surface area contributed by atoms with Crippen molar-refractivity contribution in [3.8, 4) is 0 Å². The summed E-state index contributed by atoms with van der Waals surface area (Å²) in [6, 6.07) is 5.12. The number of carbonyl (C=O) groups excluding carboxylic acids is 1. The van der Waals surface area contributed by atoms with E-state index in [0.717, 1.165) is 19.3 Å². The van der Waals surface area contributed by atoms with Gasteiger partial charge in [-0.1, -0.05) is 11.6 Å². The van der Waals surface area contributed by atoms with Gasteiger partial charge in [0.05, 0.1) is 5.69 Å². The molecule has 1 aromatic rings. The Labute approximate surface area is 113 Å². The summed E-state index contributed by atoms with van der Waals surface area (Å²) < 4.78 is 0.708. The Balaban J connectivity index is 2.12. The highest BCUT2D eigenvalue weighted by atomic mass is 79.9. The molecule has 0 aliphatic heterocycles. The summed E-state index contributed by atoms with van der Waals surface area (Å²) in [5, 5.41) is 14.4. The highest BCUT2D eigenvalue weighted by Gasteiger charge is 2.25. The van der Waals surface area contributed by atoms with Crippen LogP contribution >= 0.6 is 15.9 Å². The molecule has 18 heavy (non-hydrogen) atoms. The molecule has 1 aromatic carbocycles. The van der Waals surface area contributed by atoms with Crippen LogP contribution in [0.1, 0.15) is 24.8 Å². The zero-order chi connectivity index (χ0) is 13.1. The summed E-state index contributed by atoms with van der Waals surface area (Å²) in [4.78, 5) is 11.8. The fraction of sp³-hybridized carbons (Fsp3) is 0.333. The molecule has 1 saturated carbocycles. The lowest BCUT2D eigenvalue weighted by Crippen LogP contribution is -2.28. The first-order valence-corrected chi connectivity index (χ1v) is 6.49. The van der Waals surface area contributed by atoms with Gasteiger partial charge in [-0.15, -0.1) is 0 Å². The Morgan fingerprint density at radius 3 is 2.72 bits per heavy atom. The number of halogens is 1. The lowest BCUT2D eigenvalue weighted by Gasteiger charge is -2.24. The molecule has 0 bridgehead atoms. The Morgan fingerprint density at radius 1 is 1.50 bits per heavy atom. The SMILES string of the molecule is N/C(=N/O)c1ccc(NC(=O)C2CCC2)c(Br)c1. The normalized spacial score (nSPS) is 16.2. The van der Waals surface area contributed by atoms with E-state index in [4.69, 9.17) is 10.9 Å². The van der Waals surface area contributed by atoms with Crippen molar-refractivity contribution in [3.63, 3.8) is 0 Å². The average molecular weight is 312 g/mol. The van der Waals surface area contributed by atoms with Crippen LogP contribution in [0.25, 0.3) is 0 Å². The summed E-state index contributed by atoms with van der Waals surface area (Å²) in [5.41, 5.74) is 6.77. The van der Waals surface area contributed by atoms with Crippen molar-refractivity contribution < 1.29 is 10.0 Å². The molecule has 1 aliphatic carbocycles. The van der Waals surface area contributed by atoms with Crippen molar-refractivity contribution in [3.05, 3.63) is 28.2 Å². The Kier molecular flexibility index (Phi) is 3.86. The van der Waals surface area contributed by atoms with Crippen molar-refractivity contribution in [1.29, 1.82) is 0 Å². The molecule has 0 heterocycles. The minimum absolute atomic E-state index is 0.0348. The monoisotopic (exact) mass is 311 g/mol. The zero-order valence-electron chi connectivity index (χ0n) is 9.69. The molecular weight excluding hydrogens is 298 g/mol. The molecule has 0 saturated heterocycles. The van der Waals surface area contributed by atoms with E-state index in [0.29, 0.717) is 15.7 Å². The lowest BCUT2D eigenvalue weighted by molar-refractivity contribution is -0.122. The molecule has 0 spiro atoms. The average Bonchev–Trinajstić information content (AvgIpc) is 2.28. The van der Waals surface area contributed by atoms with Crippen LogP contribution in [0.2, 0.25) is 0 Å². The van der Waals surface area contributed by atoms with E-state index >= 15 is 0 Å². The number of carbonyl (C=O) groups is 1. The second-order valence-corrected chi connectivity index (χ2v) is 5.15. The molecule has 1 aliphatic rings. The Morgan fingerprint density at radius 2 is 2.22 bits per heavy atom. The molecule has 2 rings (SSSR count). The highest BCUT2D eigenvalue weighted by Crippen LogP contribution is 2.29. The van der Waals surface area contributed by atoms with Gasteiger partial charge in [-0.3, -0.25) is 4.79 Å². The van der Waals surface area contributed by atoms with E-state index in [1.807, 2.05) is 0 Å². The van der Waals surface area contributed by atoms with Crippen molar-refractivity contribution in [2.45, 2.75) is 19.3 Å². The Bertz CT molecular complexity index is 498. The Hall–Kier alpha value is -1.56. The van der Waals surface area contributed by atoms with E-state index in [1.165, 1.54) is 0 Å². The molecule has 1 fully saturated rings. The van der Waals surface area contributed by atoms with Crippen LogP contribution in [0.15, 0.2) is 27.8 Å². The molecular formula is C12H14BrN3O2. The van der Waals surface area contributed by atoms with Gasteiger partial charge in [0.15, 0.2) is 5.84 Å². The first-order valence-electron chi connectivity index (χ1n) is 5.70. The molecule has 96 valence electrons. The molecule has 4 N–H and O–H groups in total. The van der Waals surface area contributed by atoms with Gasteiger partial charge in [0, 0.05) is 16.0 Å². The van der Waals surface area contributed by atoms with Crippen molar-refractivity contribution >= 4 is 33.4 Å². The van der Waals surface area contributed by atoms with Crippen LogP contribution in [-0.4, -0.2) is 17.0 Å². The van der Waals surface area contributed by atoms with Crippen molar-refractivity contribution in [1.82, 2.24) is 0 Å². The molecule has 1 amide bonds. The number of benzene rings is 1. The molecule has 6 heteroatoms. The number of oxime groups is 1. The van der Waals surface area contributed by atoms with Gasteiger partial charge >= 0.3 is 0 Å². The lowest BCUT2D eigenvalue weighted by atomic mass is 9.85. The van der Waals surface area contributed by atoms with Gasteiger partial charge < -0.3 is 16.3 Å². The number of amides is 1. The third-order valence-corrected chi connectivity index (χ3v) is 3.76. The van der Waals surface area contributed by atoms with Crippen molar-refractivity contribution in [2.24, 2.45) is 16.8 Å². The topological polar surface area (TPSA) is 87.7 Å². The van der Waals surface area contributed by atoms with E-state index in [2.05, 4.69) is 26.4 Å². The second kappa shape index (κ2) is 5.39. The van der Waals surface area contributed by atoms with Crippen LogP contribution in [0.5, 0.6) is 0 Å². The van der Waals surface area contributed by atoms with Crippen LogP contribution in [0.3, 0.4) is 0 Å². The molecule has 0 radical (unpaired) electrons. The van der Waals surface area contributed by atoms with E-state index in [-0.39, 0.29) is 17.7 Å². The number of nitrogens with zero attached hydrogens (tertiary/aromatic N) is 1. The summed E-state index contributed by atoms with van der Waals surface area (Å²) in [7, 11) is 0. The third kappa shape index (κ3) is 2.64. The zero-order valence-corrected chi connectivity index (χ0v) is 11.3.